The number of nitrogens with zero attached hydrogens (tertiary/aromatic N) is 1. The van der Waals surface area contributed by atoms with Gasteiger partial charge in [0.05, 0.1) is 6.17 Å². The summed E-state index contributed by atoms with van der Waals surface area (Å²) in [5.74, 6) is 0.746. The van der Waals surface area contributed by atoms with E-state index in [9.17, 15) is 0 Å². The van der Waals surface area contributed by atoms with Crippen molar-refractivity contribution in [1.29, 1.82) is 0 Å². The Balaban J connectivity index is 1.64. The van der Waals surface area contributed by atoms with Gasteiger partial charge in [0.1, 0.15) is 0 Å². The van der Waals surface area contributed by atoms with Gasteiger partial charge >= 0.3 is 0 Å². The van der Waals surface area contributed by atoms with Crippen LogP contribution >= 0.6 is 0 Å². The number of nitrogens with one attached hydrogen (secondary N) is 1. The molecule has 2 aliphatic rings. The van der Waals surface area contributed by atoms with Crippen molar-refractivity contribution < 1.29 is 0 Å². The molecule has 1 N–H and O–H groups in total. The maximum Gasteiger partial charge on any atom is 0.0602 e. The number of likely N-dealkylation sites (tertiary alicyclic amines) is 1. The molecule has 2 fully saturated rings. The van der Waals surface area contributed by atoms with Gasteiger partial charge in [-0.1, -0.05) is 43.2 Å². The van der Waals surface area contributed by atoms with Crippen LogP contribution in [0.1, 0.15) is 50.0 Å². The second kappa shape index (κ2) is 6.53. The van der Waals surface area contributed by atoms with Crippen molar-refractivity contribution >= 4 is 0 Å². The minimum absolute atomic E-state index is 0.608. The fourth-order valence-electron chi connectivity index (χ4n) is 3.61. The SMILES string of the molecule is c1ccc(C2CCNC(N3CCCCCC3)C2)cc1. The summed E-state index contributed by atoms with van der Waals surface area (Å²) in [5.41, 5.74) is 1.53. The molecule has 2 unspecified atom stereocenters. The Morgan fingerprint density at radius 2 is 1.68 bits per heavy atom. The van der Waals surface area contributed by atoms with Gasteiger partial charge in [0, 0.05) is 0 Å². The summed E-state index contributed by atoms with van der Waals surface area (Å²) in [6.07, 6.45) is 8.79. The lowest BCUT2D eigenvalue weighted by Crippen LogP contribution is -2.50. The highest BCUT2D eigenvalue weighted by Crippen LogP contribution is 2.29. The summed E-state index contributed by atoms with van der Waals surface area (Å²) in [6.45, 7) is 3.75. The highest BCUT2D eigenvalue weighted by Gasteiger charge is 2.27. The molecule has 0 spiro atoms. The van der Waals surface area contributed by atoms with Crippen LogP contribution in [0.2, 0.25) is 0 Å². The normalized spacial score (nSPS) is 29.9. The minimum Gasteiger partial charge on any atom is -0.302 e. The van der Waals surface area contributed by atoms with Gasteiger partial charge in [0.25, 0.3) is 0 Å². The van der Waals surface area contributed by atoms with Crippen LogP contribution in [0, 0.1) is 0 Å². The first-order valence-electron chi connectivity index (χ1n) is 7.96. The topological polar surface area (TPSA) is 15.3 Å². The molecule has 2 heterocycles. The van der Waals surface area contributed by atoms with Crippen molar-refractivity contribution in [1.82, 2.24) is 10.2 Å². The fraction of sp³-hybridized carbons (Fsp3) is 0.647. The highest BCUT2D eigenvalue weighted by molar-refractivity contribution is 5.20. The van der Waals surface area contributed by atoms with E-state index < -0.39 is 0 Å². The molecule has 2 nitrogen and oxygen atoms in total. The number of piperidine rings is 1. The smallest absolute Gasteiger partial charge is 0.0602 e. The molecular formula is C17H26N2. The van der Waals surface area contributed by atoms with Gasteiger partial charge in [-0.05, 0) is 56.8 Å². The molecule has 2 atom stereocenters. The number of hydrogen-bond donors (Lipinski definition) is 1. The van der Waals surface area contributed by atoms with Crippen molar-refractivity contribution in [3.63, 3.8) is 0 Å². The zero-order valence-corrected chi connectivity index (χ0v) is 11.9. The van der Waals surface area contributed by atoms with Crippen LogP contribution in [-0.2, 0) is 0 Å². The van der Waals surface area contributed by atoms with Gasteiger partial charge in [-0.15, -0.1) is 0 Å². The second-order valence-corrected chi connectivity index (χ2v) is 6.05. The molecule has 0 saturated carbocycles. The quantitative estimate of drug-likeness (QED) is 0.875. The summed E-state index contributed by atoms with van der Waals surface area (Å²) in [4.78, 5) is 2.70. The summed E-state index contributed by atoms with van der Waals surface area (Å²) in [5, 5.41) is 3.74. The van der Waals surface area contributed by atoms with Crippen LogP contribution in [-0.4, -0.2) is 30.7 Å². The van der Waals surface area contributed by atoms with E-state index >= 15 is 0 Å². The summed E-state index contributed by atoms with van der Waals surface area (Å²) < 4.78 is 0. The lowest BCUT2D eigenvalue weighted by atomic mass is 9.88. The van der Waals surface area contributed by atoms with E-state index in [0.717, 1.165) is 5.92 Å². The van der Waals surface area contributed by atoms with Gasteiger partial charge < -0.3 is 5.32 Å². The second-order valence-electron chi connectivity index (χ2n) is 6.05. The molecule has 19 heavy (non-hydrogen) atoms. The van der Waals surface area contributed by atoms with Crippen LogP contribution in [0.5, 0.6) is 0 Å². The number of hydrogen-bond acceptors (Lipinski definition) is 2. The van der Waals surface area contributed by atoms with Crippen molar-refractivity contribution in [2.45, 2.75) is 50.6 Å². The summed E-state index contributed by atoms with van der Waals surface area (Å²) in [6, 6.07) is 11.1. The van der Waals surface area contributed by atoms with E-state index in [4.69, 9.17) is 0 Å². The Morgan fingerprint density at radius 3 is 2.42 bits per heavy atom. The molecule has 2 heteroatoms. The zero-order valence-electron chi connectivity index (χ0n) is 11.9. The molecule has 0 amide bonds. The minimum atomic E-state index is 0.608. The van der Waals surface area contributed by atoms with E-state index in [0.29, 0.717) is 6.17 Å². The van der Waals surface area contributed by atoms with Gasteiger partial charge in [-0.3, -0.25) is 4.90 Å². The van der Waals surface area contributed by atoms with Crippen LogP contribution in [0.3, 0.4) is 0 Å². The van der Waals surface area contributed by atoms with Crippen molar-refractivity contribution in [2.24, 2.45) is 0 Å². The molecule has 1 aromatic rings. The average Bonchev–Trinajstić information content (AvgIpc) is 2.77. The molecule has 2 saturated heterocycles. The van der Waals surface area contributed by atoms with Crippen molar-refractivity contribution in [2.75, 3.05) is 19.6 Å². The molecule has 0 bridgehead atoms. The Hall–Kier alpha value is -0.860. The first-order chi connectivity index (χ1) is 9.43. The molecule has 104 valence electrons. The molecule has 2 aliphatic heterocycles. The van der Waals surface area contributed by atoms with Gasteiger partial charge in [0.15, 0.2) is 0 Å². The third-order valence-electron chi connectivity index (χ3n) is 4.73. The van der Waals surface area contributed by atoms with E-state index in [2.05, 4.69) is 40.5 Å². The largest absolute Gasteiger partial charge is 0.302 e. The number of benzene rings is 1. The van der Waals surface area contributed by atoms with Crippen molar-refractivity contribution in [3.8, 4) is 0 Å². The first-order valence-corrected chi connectivity index (χ1v) is 7.96. The molecule has 3 rings (SSSR count). The third-order valence-corrected chi connectivity index (χ3v) is 4.73. The van der Waals surface area contributed by atoms with Gasteiger partial charge in [0.2, 0.25) is 0 Å². The van der Waals surface area contributed by atoms with E-state index in [-0.39, 0.29) is 0 Å². The van der Waals surface area contributed by atoms with Crippen LogP contribution in [0.25, 0.3) is 0 Å². The summed E-state index contributed by atoms with van der Waals surface area (Å²) in [7, 11) is 0. The molecule has 0 aromatic heterocycles. The predicted molar refractivity (Wildman–Crippen MR) is 80.2 cm³/mol. The first kappa shape index (κ1) is 13.1. The van der Waals surface area contributed by atoms with Crippen LogP contribution < -0.4 is 5.32 Å². The van der Waals surface area contributed by atoms with Gasteiger partial charge in [-0.25, -0.2) is 0 Å². The average molecular weight is 258 g/mol. The van der Waals surface area contributed by atoms with E-state index in [1.807, 2.05) is 0 Å². The highest BCUT2D eigenvalue weighted by atomic mass is 15.3. The molecule has 0 aliphatic carbocycles. The van der Waals surface area contributed by atoms with E-state index in [1.54, 1.807) is 0 Å². The lowest BCUT2D eigenvalue weighted by Gasteiger charge is -2.38. The van der Waals surface area contributed by atoms with E-state index in [1.165, 1.54) is 63.7 Å². The number of rotatable bonds is 2. The maximum atomic E-state index is 3.74. The Morgan fingerprint density at radius 1 is 0.947 bits per heavy atom. The van der Waals surface area contributed by atoms with Crippen LogP contribution in [0.4, 0.5) is 0 Å². The van der Waals surface area contributed by atoms with Gasteiger partial charge in [-0.2, -0.15) is 0 Å². The molecule has 0 radical (unpaired) electrons. The lowest BCUT2D eigenvalue weighted by molar-refractivity contribution is 0.133. The standard InChI is InChI=1S/C17H26N2/c1-2-7-13-19(12-6-1)17-14-16(10-11-18-17)15-8-4-3-5-9-15/h3-5,8-9,16-18H,1-2,6-7,10-14H2. The Bertz CT molecular complexity index is 368. The Labute approximate surface area is 117 Å². The Kier molecular flexibility index (Phi) is 4.52. The van der Waals surface area contributed by atoms with Crippen LogP contribution in [0.15, 0.2) is 30.3 Å². The fourth-order valence-corrected chi connectivity index (χ4v) is 3.61. The monoisotopic (exact) mass is 258 g/mol. The predicted octanol–water partition coefficient (Wildman–Crippen LogP) is 3.36. The van der Waals surface area contributed by atoms with Crippen molar-refractivity contribution in [3.05, 3.63) is 35.9 Å². The summed E-state index contributed by atoms with van der Waals surface area (Å²) >= 11 is 0. The molecule has 1 aromatic carbocycles. The molecular weight excluding hydrogens is 232 g/mol. The zero-order chi connectivity index (χ0) is 12.9. The maximum absolute atomic E-state index is 3.74. The third kappa shape index (κ3) is 3.37.